The third-order valence-electron chi connectivity index (χ3n) is 7.70. The molecule has 0 spiro atoms. The summed E-state index contributed by atoms with van der Waals surface area (Å²) in [5.41, 5.74) is 0.312. The number of nitrogens with one attached hydrogen (secondary N) is 1. The monoisotopic (exact) mass is 598 g/mol. The molecule has 2 aliphatic heterocycles. The van der Waals surface area contributed by atoms with Gasteiger partial charge in [-0.15, -0.1) is 0 Å². The Labute approximate surface area is 256 Å². The molecule has 1 aromatic heterocycles. The number of hydrogen-bond acceptors (Lipinski definition) is 7. The zero-order chi connectivity index (χ0) is 31.8. The maximum Gasteiger partial charge on any atom is 0.410 e. The van der Waals surface area contributed by atoms with Gasteiger partial charge in [0.1, 0.15) is 11.2 Å². The molecule has 2 saturated heterocycles. The first kappa shape index (κ1) is 34.1. The van der Waals surface area contributed by atoms with Crippen molar-refractivity contribution in [3.63, 3.8) is 0 Å². The second-order valence-electron chi connectivity index (χ2n) is 13.7. The molecule has 0 saturated carbocycles. The lowest BCUT2D eigenvalue weighted by molar-refractivity contribution is -0.155. The van der Waals surface area contributed by atoms with Gasteiger partial charge in [-0.1, -0.05) is 12.7 Å². The summed E-state index contributed by atoms with van der Waals surface area (Å²) >= 11 is 0. The van der Waals surface area contributed by atoms with Crippen LogP contribution >= 0.6 is 0 Å². The van der Waals surface area contributed by atoms with Crippen LogP contribution in [0.1, 0.15) is 104 Å². The number of amides is 3. The lowest BCUT2D eigenvalue weighted by Crippen LogP contribution is -2.46. The number of piperidine rings is 2. The minimum Gasteiger partial charge on any atom is -0.460 e. The summed E-state index contributed by atoms with van der Waals surface area (Å²) in [4.78, 5) is 59.5. The van der Waals surface area contributed by atoms with E-state index in [1.165, 1.54) is 0 Å². The molecule has 3 rings (SSSR count). The zero-order valence-electron chi connectivity index (χ0n) is 26.8. The highest BCUT2D eigenvalue weighted by Crippen LogP contribution is 2.26. The predicted molar refractivity (Wildman–Crippen MR) is 165 cm³/mol. The number of esters is 1. The minimum atomic E-state index is -0.647. The Morgan fingerprint density at radius 1 is 1.00 bits per heavy atom. The number of aromatic nitrogens is 1. The van der Waals surface area contributed by atoms with E-state index in [1.807, 2.05) is 26.8 Å². The maximum absolute atomic E-state index is 13.5. The molecule has 238 valence electrons. The zero-order valence-corrected chi connectivity index (χ0v) is 26.8. The van der Waals surface area contributed by atoms with Crippen LogP contribution in [-0.4, -0.2) is 76.0 Å². The first-order chi connectivity index (χ1) is 20.1. The number of ether oxygens (including phenoxy) is 2. The molecule has 2 fully saturated rings. The largest absolute Gasteiger partial charge is 0.460 e. The van der Waals surface area contributed by atoms with Crippen LogP contribution in [0.5, 0.6) is 0 Å². The molecule has 0 aromatic carbocycles. The summed E-state index contributed by atoms with van der Waals surface area (Å²) in [6.07, 6.45) is 8.94. The van der Waals surface area contributed by atoms with Crippen LogP contribution in [0, 0.1) is 11.8 Å². The predicted octanol–water partition coefficient (Wildman–Crippen LogP) is 5.28. The number of carbonyl (C=O) groups is 4. The molecule has 0 unspecified atom stereocenters. The molecule has 2 aliphatic rings. The Morgan fingerprint density at radius 2 is 1.67 bits per heavy atom. The normalized spacial score (nSPS) is 18.9. The van der Waals surface area contributed by atoms with E-state index in [9.17, 15) is 19.2 Å². The molecule has 0 bridgehead atoms. The van der Waals surface area contributed by atoms with Crippen LogP contribution < -0.4 is 5.32 Å². The van der Waals surface area contributed by atoms with Gasteiger partial charge < -0.3 is 24.6 Å². The molecular weight excluding hydrogens is 548 g/mol. The Morgan fingerprint density at radius 3 is 2.30 bits per heavy atom. The summed E-state index contributed by atoms with van der Waals surface area (Å²) in [5.74, 6) is -0.546. The Balaban J connectivity index is 1.54. The summed E-state index contributed by atoms with van der Waals surface area (Å²) < 4.78 is 11.0. The third-order valence-corrected chi connectivity index (χ3v) is 7.70. The van der Waals surface area contributed by atoms with Crippen molar-refractivity contribution in [1.29, 1.82) is 0 Å². The van der Waals surface area contributed by atoms with Crippen molar-refractivity contribution in [1.82, 2.24) is 20.1 Å². The third kappa shape index (κ3) is 11.3. The lowest BCUT2D eigenvalue weighted by Gasteiger charge is -2.35. The molecule has 10 nitrogen and oxygen atoms in total. The summed E-state index contributed by atoms with van der Waals surface area (Å²) in [5, 5.41) is 3.05. The summed E-state index contributed by atoms with van der Waals surface area (Å²) in [7, 11) is 0. The van der Waals surface area contributed by atoms with Crippen molar-refractivity contribution in [2.24, 2.45) is 11.8 Å². The first-order valence-corrected chi connectivity index (χ1v) is 15.5. The molecule has 3 amide bonds. The number of carbonyl (C=O) groups excluding carboxylic acids is 4. The fourth-order valence-electron chi connectivity index (χ4n) is 5.50. The fourth-order valence-corrected chi connectivity index (χ4v) is 5.50. The molecular formula is C33H50N4O6. The molecule has 1 N–H and O–H groups in total. The lowest BCUT2D eigenvalue weighted by atomic mass is 9.91. The van der Waals surface area contributed by atoms with E-state index >= 15 is 0 Å². The average molecular weight is 599 g/mol. The summed E-state index contributed by atoms with van der Waals surface area (Å²) in [6.45, 7) is 17.0. The van der Waals surface area contributed by atoms with Crippen molar-refractivity contribution in [3.05, 3.63) is 36.2 Å². The SMILES string of the molecule is C=Cc1cncc([C@H](CC(=O)OC(C)(C)C)NC(=O)[C@@H]2CCCN(C(=O)CCC3CCN(C(=O)OC(C)(C)C)CC3)C2)c1. The van der Waals surface area contributed by atoms with Crippen LogP contribution in [0.4, 0.5) is 4.79 Å². The minimum absolute atomic E-state index is 0.0343. The number of pyridine rings is 1. The highest BCUT2D eigenvalue weighted by molar-refractivity contribution is 5.82. The van der Waals surface area contributed by atoms with Gasteiger partial charge in [-0.3, -0.25) is 19.4 Å². The van der Waals surface area contributed by atoms with Crippen molar-refractivity contribution >= 4 is 30.0 Å². The highest BCUT2D eigenvalue weighted by atomic mass is 16.6. The van der Waals surface area contributed by atoms with Crippen LogP contribution in [0.2, 0.25) is 0 Å². The second-order valence-corrected chi connectivity index (χ2v) is 13.7. The van der Waals surface area contributed by atoms with Gasteiger partial charge in [-0.05, 0) is 96.8 Å². The molecule has 0 aliphatic carbocycles. The molecule has 10 heteroatoms. The Kier molecular flexibility index (Phi) is 11.8. The van der Waals surface area contributed by atoms with Crippen LogP contribution in [0.3, 0.4) is 0 Å². The van der Waals surface area contributed by atoms with E-state index in [0.717, 1.165) is 31.2 Å². The van der Waals surface area contributed by atoms with Gasteiger partial charge in [0.2, 0.25) is 11.8 Å². The topological polar surface area (TPSA) is 118 Å². The summed E-state index contributed by atoms with van der Waals surface area (Å²) in [6, 6.07) is 1.23. The van der Waals surface area contributed by atoms with Crippen LogP contribution in [0.15, 0.2) is 25.0 Å². The quantitative estimate of drug-likeness (QED) is 0.384. The molecule has 0 radical (unpaired) electrons. The second kappa shape index (κ2) is 14.8. The molecule has 43 heavy (non-hydrogen) atoms. The Bertz CT molecular complexity index is 1150. The molecule has 1 aromatic rings. The van der Waals surface area contributed by atoms with E-state index in [-0.39, 0.29) is 30.2 Å². The molecule has 2 atom stereocenters. The van der Waals surface area contributed by atoms with Gasteiger partial charge >= 0.3 is 12.1 Å². The smallest absolute Gasteiger partial charge is 0.410 e. The van der Waals surface area contributed by atoms with E-state index < -0.39 is 23.2 Å². The van der Waals surface area contributed by atoms with Gasteiger partial charge in [0.25, 0.3) is 0 Å². The number of hydrogen-bond donors (Lipinski definition) is 1. The van der Waals surface area contributed by atoms with E-state index in [1.54, 1.807) is 49.0 Å². The van der Waals surface area contributed by atoms with Gasteiger partial charge in [-0.25, -0.2) is 4.79 Å². The average Bonchev–Trinajstić information content (AvgIpc) is 2.94. The maximum atomic E-state index is 13.5. The van der Waals surface area contributed by atoms with Crippen molar-refractivity contribution in [2.75, 3.05) is 26.2 Å². The van der Waals surface area contributed by atoms with Crippen LogP contribution in [0.25, 0.3) is 6.08 Å². The van der Waals surface area contributed by atoms with Crippen molar-refractivity contribution < 1.29 is 28.7 Å². The van der Waals surface area contributed by atoms with Crippen molar-refractivity contribution in [2.45, 2.75) is 104 Å². The van der Waals surface area contributed by atoms with Crippen LogP contribution in [-0.2, 0) is 23.9 Å². The number of rotatable bonds is 9. The Hall–Kier alpha value is -3.43. The van der Waals surface area contributed by atoms with Gasteiger partial charge in [0, 0.05) is 45.0 Å². The van der Waals surface area contributed by atoms with Gasteiger partial charge in [-0.2, -0.15) is 0 Å². The number of nitrogens with zero attached hydrogens (tertiary/aromatic N) is 3. The molecule has 3 heterocycles. The standard InChI is InChI=1S/C33H50N4O6/c1-8-23-18-26(21-34-20-23)27(19-29(39)42-32(2,3)4)35-30(40)25-10-9-15-37(22-25)28(38)12-11-24-13-16-36(17-14-24)31(41)43-33(5,6)7/h8,18,20-21,24-25,27H,1,9-17,19,22H2,2-7H3,(H,35,40)/t25-,27+/m1/s1. The first-order valence-electron chi connectivity index (χ1n) is 15.5. The highest BCUT2D eigenvalue weighted by Gasteiger charge is 2.32. The van der Waals surface area contributed by atoms with Crippen molar-refractivity contribution in [3.8, 4) is 0 Å². The number of likely N-dealkylation sites (tertiary alicyclic amines) is 2. The fraction of sp³-hybridized carbons (Fsp3) is 0.667. The van der Waals surface area contributed by atoms with E-state index in [0.29, 0.717) is 50.5 Å². The van der Waals surface area contributed by atoms with E-state index in [4.69, 9.17) is 9.47 Å². The van der Waals surface area contributed by atoms with E-state index in [2.05, 4.69) is 16.9 Å². The van der Waals surface area contributed by atoms with Gasteiger partial charge in [0.05, 0.1) is 18.4 Å². The van der Waals surface area contributed by atoms with Gasteiger partial charge in [0.15, 0.2) is 0 Å².